The second-order valence-electron chi connectivity index (χ2n) is 8.47. The van der Waals surface area contributed by atoms with Crippen molar-refractivity contribution in [2.75, 3.05) is 0 Å². The summed E-state index contributed by atoms with van der Waals surface area (Å²) < 4.78 is 12.5. The van der Waals surface area contributed by atoms with E-state index in [4.69, 9.17) is 21.1 Å². The summed E-state index contributed by atoms with van der Waals surface area (Å²) in [6.45, 7) is 0.397. The smallest absolute Gasteiger partial charge is 0.215 e. The number of ketones is 1. The van der Waals surface area contributed by atoms with Gasteiger partial charge >= 0.3 is 0 Å². The number of aldehydes is 1. The van der Waals surface area contributed by atoms with E-state index in [1.165, 1.54) is 0 Å². The Morgan fingerprint density at radius 2 is 1.57 bits per heavy atom. The molecule has 0 N–H and O–H groups in total. The minimum atomic E-state index is -1.41. The molecule has 0 spiro atoms. The maximum Gasteiger partial charge on any atom is 0.215 e. The molecule has 0 amide bonds. The highest BCUT2D eigenvalue weighted by Crippen LogP contribution is 2.51. The molecule has 1 aliphatic rings. The lowest BCUT2D eigenvalue weighted by atomic mass is 9.72. The van der Waals surface area contributed by atoms with Gasteiger partial charge in [0.05, 0.1) is 5.56 Å². The number of fused-ring (bicyclic) bond motifs is 1. The van der Waals surface area contributed by atoms with E-state index in [1.807, 2.05) is 60.7 Å². The van der Waals surface area contributed by atoms with Gasteiger partial charge in [-0.3, -0.25) is 4.79 Å². The summed E-state index contributed by atoms with van der Waals surface area (Å²) in [5, 5.41) is 0.551. The number of rotatable bonds is 8. The fourth-order valence-electron chi connectivity index (χ4n) is 4.66. The zero-order valence-electron chi connectivity index (χ0n) is 18.9. The van der Waals surface area contributed by atoms with Crippen molar-refractivity contribution in [2.24, 2.45) is 0 Å². The van der Waals surface area contributed by atoms with E-state index in [9.17, 15) is 9.59 Å². The van der Waals surface area contributed by atoms with Gasteiger partial charge in [0.2, 0.25) is 11.4 Å². The largest absolute Gasteiger partial charge is 0.489 e. The Bertz CT molecular complexity index is 1340. The maximum atomic E-state index is 14.1. The first-order chi connectivity index (χ1) is 17.1. The van der Waals surface area contributed by atoms with Crippen LogP contribution in [0.15, 0.2) is 103 Å². The van der Waals surface area contributed by atoms with E-state index in [2.05, 4.69) is 0 Å². The molecule has 1 aliphatic heterocycles. The molecular formula is C30H23ClO4. The number of carbonyl (C=O) groups is 2. The Balaban J connectivity index is 1.56. The third kappa shape index (κ3) is 4.33. The number of Topliss-reactive ketones (excluding diaryl/α,β-unsaturated/α-hetero) is 1. The highest BCUT2D eigenvalue weighted by Gasteiger charge is 2.55. The van der Waals surface area contributed by atoms with E-state index >= 15 is 0 Å². The fourth-order valence-corrected chi connectivity index (χ4v) is 4.79. The van der Waals surface area contributed by atoms with E-state index in [0.717, 1.165) is 17.4 Å². The van der Waals surface area contributed by atoms with Gasteiger partial charge < -0.3 is 14.3 Å². The van der Waals surface area contributed by atoms with Gasteiger partial charge in [0, 0.05) is 29.0 Å². The van der Waals surface area contributed by atoms with Gasteiger partial charge in [-0.2, -0.15) is 0 Å². The molecule has 0 bridgehead atoms. The number of carbonyl (C=O) groups excluding carboxylic acids is 2. The van der Waals surface area contributed by atoms with Crippen molar-refractivity contribution in [3.8, 4) is 11.5 Å². The van der Waals surface area contributed by atoms with Crippen molar-refractivity contribution in [1.29, 1.82) is 0 Å². The minimum Gasteiger partial charge on any atom is -0.489 e. The average Bonchev–Trinajstić information content (AvgIpc) is 3.19. The molecule has 174 valence electrons. The quantitative estimate of drug-likeness (QED) is 0.260. The molecule has 5 rings (SSSR count). The summed E-state index contributed by atoms with van der Waals surface area (Å²) in [5.74, 6) is 0.303. The minimum absolute atomic E-state index is 0.115. The molecule has 4 aromatic rings. The first-order valence-corrected chi connectivity index (χ1v) is 11.8. The Morgan fingerprint density at radius 1 is 0.886 bits per heavy atom. The maximum absolute atomic E-state index is 14.1. The van der Waals surface area contributed by atoms with Crippen molar-refractivity contribution in [1.82, 2.24) is 0 Å². The zero-order valence-corrected chi connectivity index (χ0v) is 19.7. The predicted octanol–water partition coefficient (Wildman–Crippen LogP) is 6.76. The molecule has 0 fully saturated rings. The monoisotopic (exact) mass is 482 g/mol. The molecule has 5 heteroatoms. The van der Waals surface area contributed by atoms with E-state index < -0.39 is 11.5 Å². The molecule has 0 aliphatic carbocycles. The number of halogens is 1. The van der Waals surface area contributed by atoms with Gasteiger partial charge in [-0.15, -0.1) is 0 Å². The predicted molar refractivity (Wildman–Crippen MR) is 135 cm³/mol. The Labute approximate surface area is 209 Å². The Morgan fingerprint density at radius 3 is 2.26 bits per heavy atom. The van der Waals surface area contributed by atoms with Crippen molar-refractivity contribution >= 4 is 23.7 Å². The average molecular weight is 483 g/mol. The second-order valence-corrected chi connectivity index (χ2v) is 8.91. The molecule has 1 heterocycles. The van der Waals surface area contributed by atoms with Gasteiger partial charge in [-0.25, -0.2) is 0 Å². The summed E-state index contributed by atoms with van der Waals surface area (Å²) in [6.07, 6.45) is 0.951. The van der Waals surface area contributed by atoms with Crippen molar-refractivity contribution < 1.29 is 19.1 Å². The third-order valence-electron chi connectivity index (χ3n) is 6.35. The van der Waals surface area contributed by atoms with Crippen LogP contribution in [0.2, 0.25) is 5.02 Å². The SMILES string of the molecule is O=CCC(c1ccccc1)[C@@]1(c2ccc(Cl)cc2)Oc2cc(OCc3ccccc3)ccc2C1=O. The summed E-state index contributed by atoms with van der Waals surface area (Å²) in [5.41, 5.74) is 1.57. The molecule has 0 saturated heterocycles. The van der Waals surface area contributed by atoms with Gasteiger partial charge in [-0.1, -0.05) is 84.4 Å². The van der Waals surface area contributed by atoms with Crippen LogP contribution in [0.4, 0.5) is 0 Å². The molecule has 0 saturated carbocycles. The molecule has 0 aromatic heterocycles. The summed E-state index contributed by atoms with van der Waals surface area (Å²) in [4.78, 5) is 25.9. The van der Waals surface area contributed by atoms with Crippen LogP contribution in [0.25, 0.3) is 0 Å². The van der Waals surface area contributed by atoms with E-state index in [-0.39, 0.29) is 12.2 Å². The first kappa shape index (κ1) is 22.9. The molecule has 2 atom stereocenters. The van der Waals surface area contributed by atoms with Crippen LogP contribution in [0.1, 0.15) is 39.4 Å². The number of hydrogen-bond acceptors (Lipinski definition) is 4. The third-order valence-corrected chi connectivity index (χ3v) is 6.60. The number of benzene rings is 4. The van der Waals surface area contributed by atoms with Crippen LogP contribution >= 0.6 is 11.6 Å². The van der Waals surface area contributed by atoms with Gasteiger partial charge in [0.25, 0.3) is 0 Å². The first-order valence-electron chi connectivity index (χ1n) is 11.4. The summed E-state index contributed by atoms with van der Waals surface area (Å²) in [7, 11) is 0. The Hall–Kier alpha value is -3.89. The van der Waals surface area contributed by atoms with Gasteiger partial charge in [0.1, 0.15) is 24.4 Å². The molecule has 4 aromatic carbocycles. The summed E-state index contributed by atoms with van der Waals surface area (Å²) >= 11 is 6.15. The molecule has 0 radical (unpaired) electrons. The lowest BCUT2D eigenvalue weighted by molar-refractivity contribution is -0.109. The van der Waals surface area contributed by atoms with Gasteiger partial charge in [-0.05, 0) is 35.4 Å². The topological polar surface area (TPSA) is 52.6 Å². The van der Waals surface area contributed by atoms with Gasteiger partial charge in [0.15, 0.2) is 0 Å². The lowest BCUT2D eigenvalue weighted by Gasteiger charge is -2.35. The van der Waals surface area contributed by atoms with Crippen LogP contribution < -0.4 is 9.47 Å². The molecule has 35 heavy (non-hydrogen) atoms. The fraction of sp³-hybridized carbons (Fsp3) is 0.133. The van der Waals surface area contributed by atoms with Crippen molar-refractivity contribution in [3.63, 3.8) is 0 Å². The molecular weight excluding hydrogens is 460 g/mol. The van der Waals surface area contributed by atoms with Crippen LogP contribution in [0, 0.1) is 0 Å². The highest BCUT2D eigenvalue weighted by molar-refractivity contribution is 6.30. The normalized spacial score (nSPS) is 17.3. The van der Waals surface area contributed by atoms with Crippen LogP contribution in [-0.4, -0.2) is 12.1 Å². The second kappa shape index (κ2) is 9.77. The molecule has 1 unspecified atom stereocenters. The number of ether oxygens (including phenoxy) is 2. The van der Waals surface area contributed by atoms with Crippen LogP contribution in [0.5, 0.6) is 11.5 Å². The molecule has 4 nitrogen and oxygen atoms in total. The lowest BCUT2D eigenvalue weighted by Crippen LogP contribution is -2.43. The highest BCUT2D eigenvalue weighted by atomic mass is 35.5. The van der Waals surface area contributed by atoms with E-state index in [1.54, 1.807) is 42.5 Å². The Kier molecular flexibility index (Phi) is 6.39. The standard InChI is InChI=1S/C30H23ClO4/c31-24-13-11-23(12-14-24)30(27(17-18-32)22-9-5-2-6-10-22)29(33)26-16-15-25(19-28(26)35-30)34-20-21-7-3-1-4-8-21/h1-16,18-19,27H,17,20H2/t27?,30-/m1/s1. The van der Waals surface area contributed by atoms with Crippen molar-refractivity contribution in [3.05, 3.63) is 130 Å². The van der Waals surface area contributed by atoms with E-state index in [0.29, 0.717) is 34.3 Å². The zero-order chi connectivity index (χ0) is 24.3. The number of hydrogen-bond donors (Lipinski definition) is 0. The summed E-state index contributed by atoms with van der Waals surface area (Å²) in [6, 6.07) is 31.7. The van der Waals surface area contributed by atoms with Crippen molar-refractivity contribution in [2.45, 2.75) is 24.5 Å². The van der Waals surface area contributed by atoms with Crippen LogP contribution in [0.3, 0.4) is 0 Å². The van der Waals surface area contributed by atoms with Crippen LogP contribution in [-0.2, 0) is 17.0 Å².